The maximum atomic E-state index is 12.4. The van der Waals surface area contributed by atoms with Gasteiger partial charge in [0.25, 0.3) is 5.91 Å². The number of ether oxygens (including phenoxy) is 1. The largest absolute Gasteiger partial charge is 0.494 e. The van der Waals surface area contributed by atoms with Gasteiger partial charge >= 0.3 is 5.97 Å². The van der Waals surface area contributed by atoms with Crippen LogP contribution in [-0.4, -0.2) is 34.6 Å². The Morgan fingerprint density at radius 1 is 1.28 bits per heavy atom. The Bertz CT molecular complexity index is 740. The molecule has 0 saturated carbocycles. The summed E-state index contributed by atoms with van der Waals surface area (Å²) >= 11 is 1.25. The second-order valence-corrected chi connectivity index (χ2v) is 6.54. The number of aliphatic carboxylic acids is 1. The average Bonchev–Trinajstić information content (AvgIpc) is 2.97. The lowest BCUT2D eigenvalue weighted by Crippen LogP contribution is -2.40. The summed E-state index contributed by atoms with van der Waals surface area (Å²) < 4.78 is 5.42. The van der Waals surface area contributed by atoms with Gasteiger partial charge in [0.15, 0.2) is 0 Å². The van der Waals surface area contributed by atoms with Crippen LogP contribution in [0.2, 0.25) is 0 Å². The molecule has 0 aliphatic heterocycles. The first-order valence-electron chi connectivity index (χ1n) is 8.20. The predicted molar refractivity (Wildman–Crippen MR) is 97.3 cm³/mol. The van der Waals surface area contributed by atoms with Crippen molar-refractivity contribution in [3.05, 3.63) is 34.8 Å². The zero-order valence-electron chi connectivity index (χ0n) is 14.5. The highest BCUT2D eigenvalue weighted by Crippen LogP contribution is 2.29. The van der Waals surface area contributed by atoms with Gasteiger partial charge in [-0.25, -0.2) is 9.78 Å². The molecular formula is C18H22N2O4S. The van der Waals surface area contributed by atoms with E-state index in [0.29, 0.717) is 35.0 Å². The molecule has 2 rings (SSSR count). The second kappa shape index (κ2) is 8.62. The number of rotatable bonds is 8. The number of carboxylic acid groups (broad SMARTS) is 1. The van der Waals surface area contributed by atoms with Crippen LogP contribution in [0.15, 0.2) is 24.3 Å². The van der Waals surface area contributed by atoms with Crippen molar-refractivity contribution in [3.63, 3.8) is 0 Å². The van der Waals surface area contributed by atoms with E-state index in [1.54, 1.807) is 6.92 Å². The van der Waals surface area contributed by atoms with Crippen LogP contribution in [0.5, 0.6) is 5.75 Å². The molecule has 0 aliphatic rings. The summed E-state index contributed by atoms with van der Waals surface area (Å²) in [5.74, 6) is -0.640. The zero-order chi connectivity index (χ0) is 18.4. The van der Waals surface area contributed by atoms with E-state index in [-0.39, 0.29) is 0 Å². The average molecular weight is 362 g/mol. The summed E-state index contributed by atoms with van der Waals surface area (Å²) in [4.78, 5) is 28.5. The van der Waals surface area contributed by atoms with E-state index in [0.717, 1.165) is 11.3 Å². The Morgan fingerprint density at radius 3 is 2.52 bits per heavy atom. The number of benzene rings is 1. The van der Waals surface area contributed by atoms with Gasteiger partial charge in [-0.3, -0.25) is 4.79 Å². The summed E-state index contributed by atoms with van der Waals surface area (Å²) in [5, 5.41) is 12.5. The number of amides is 1. The first-order valence-corrected chi connectivity index (χ1v) is 9.02. The predicted octanol–water partition coefficient (Wildman–Crippen LogP) is 3.50. The summed E-state index contributed by atoms with van der Waals surface area (Å²) in [7, 11) is 0. The van der Waals surface area contributed by atoms with Crippen molar-refractivity contribution in [2.75, 3.05) is 6.61 Å². The molecule has 0 bridgehead atoms. The minimum Gasteiger partial charge on any atom is -0.494 e. The van der Waals surface area contributed by atoms with Crippen LogP contribution in [0, 0.1) is 6.92 Å². The fourth-order valence-electron chi connectivity index (χ4n) is 2.36. The van der Waals surface area contributed by atoms with Gasteiger partial charge in [0.2, 0.25) is 0 Å². The SMILES string of the molecule is CCCC(NC(=O)c1sc(-c2ccc(OCC)cc2)nc1C)C(=O)O. The molecule has 2 N–H and O–H groups in total. The van der Waals surface area contributed by atoms with E-state index in [2.05, 4.69) is 10.3 Å². The van der Waals surface area contributed by atoms with Crippen molar-refractivity contribution >= 4 is 23.2 Å². The molecular weight excluding hydrogens is 340 g/mol. The first kappa shape index (κ1) is 18.9. The van der Waals surface area contributed by atoms with Gasteiger partial charge in [-0.2, -0.15) is 0 Å². The fourth-order valence-corrected chi connectivity index (χ4v) is 3.34. The monoisotopic (exact) mass is 362 g/mol. The molecule has 0 radical (unpaired) electrons. The van der Waals surface area contributed by atoms with Gasteiger partial charge in [0.1, 0.15) is 21.7 Å². The minimum atomic E-state index is -1.02. The van der Waals surface area contributed by atoms with Gasteiger partial charge < -0.3 is 15.2 Å². The molecule has 1 unspecified atom stereocenters. The Morgan fingerprint density at radius 2 is 1.96 bits per heavy atom. The van der Waals surface area contributed by atoms with Crippen LogP contribution in [0.1, 0.15) is 42.1 Å². The second-order valence-electron chi connectivity index (χ2n) is 5.54. The maximum absolute atomic E-state index is 12.4. The van der Waals surface area contributed by atoms with E-state index in [9.17, 15) is 14.7 Å². The molecule has 1 aromatic heterocycles. The number of nitrogens with zero attached hydrogens (tertiary/aromatic N) is 1. The third kappa shape index (κ3) is 4.79. The third-order valence-electron chi connectivity index (χ3n) is 3.60. The highest BCUT2D eigenvalue weighted by molar-refractivity contribution is 7.17. The standard InChI is InChI=1S/C18H22N2O4S/c1-4-6-14(18(22)23)20-16(21)15-11(3)19-17(25-15)12-7-9-13(10-8-12)24-5-2/h7-10,14H,4-6H2,1-3H3,(H,20,21)(H,22,23). The van der Waals surface area contributed by atoms with Crippen molar-refractivity contribution in [3.8, 4) is 16.3 Å². The lowest BCUT2D eigenvalue weighted by atomic mass is 10.1. The lowest BCUT2D eigenvalue weighted by molar-refractivity contribution is -0.139. The Kier molecular flexibility index (Phi) is 6.52. The molecule has 0 fully saturated rings. The number of carboxylic acids is 1. The number of carbonyl (C=O) groups excluding carboxylic acids is 1. The first-order chi connectivity index (χ1) is 12.0. The van der Waals surface area contributed by atoms with Crippen LogP contribution in [0.3, 0.4) is 0 Å². The molecule has 6 nitrogen and oxygen atoms in total. The zero-order valence-corrected chi connectivity index (χ0v) is 15.4. The van der Waals surface area contributed by atoms with Crippen molar-refractivity contribution in [1.82, 2.24) is 10.3 Å². The quantitative estimate of drug-likeness (QED) is 0.750. The van der Waals surface area contributed by atoms with E-state index in [1.807, 2.05) is 38.1 Å². The van der Waals surface area contributed by atoms with Gasteiger partial charge in [0, 0.05) is 5.56 Å². The van der Waals surface area contributed by atoms with Gasteiger partial charge in [-0.05, 0) is 44.5 Å². The molecule has 134 valence electrons. The summed E-state index contributed by atoms with van der Waals surface area (Å²) in [6.45, 7) is 6.15. The molecule has 25 heavy (non-hydrogen) atoms. The van der Waals surface area contributed by atoms with E-state index in [1.165, 1.54) is 11.3 Å². The van der Waals surface area contributed by atoms with E-state index < -0.39 is 17.9 Å². The number of hydrogen-bond acceptors (Lipinski definition) is 5. The lowest BCUT2D eigenvalue weighted by Gasteiger charge is -2.12. The number of nitrogens with one attached hydrogen (secondary N) is 1. The van der Waals surface area contributed by atoms with Gasteiger partial charge in [-0.1, -0.05) is 13.3 Å². The maximum Gasteiger partial charge on any atom is 0.326 e. The highest BCUT2D eigenvalue weighted by atomic mass is 32.1. The third-order valence-corrected chi connectivity index (χ3v) is 4.80. The molecule has 0 saturated heterocycles. The number of hydrogen-bond donors (Lipinski definition) is 2. The number of aryl methyl sites for hydroxylation is 1. The number of carbonyl (C=O) groups is 2. The van der Waals surface area contributed by atoms with Crippen LogP contribution >= 0.6 is 11.3 Å². The molecule has 2 aromatic rings. The Balaban J connectivity index is 2.18. The number of aromatic nitrogens is 1. The molecule has 0 aliphatic carbocycles. The van der Waals surface area contributed by atoms with Gasteiger partial charge in [0.05, 0.1) is 12.3 Å². The van der Waals surface area contributed by atoms with Gasteiger partial charge in [-0.15, -0.1) is 11.3 Å². The van der Waals surface area contributed by atoms with E-state index in [4.69, 9.17) is 4.74 Å². The minimum absolute atomic E-state index is 0.394. The molecule has 7 heteroatoms. The molecule has 0 spiro atoms. The van der Waals surface area contributed by atoms with Crippen LogP contribution in [0.25, 0.3) is 10.6 Å². The number of thiazole rings is 1. The smallest absolute Gasteiger partial charge is 0.326 e. The molecule has 1 heterocycles. The summed E-state index contributed by atoms with van der Waals surface area (Å²) in [6.07, 6.45) is 1.07. The van der Waals surface area contributed by atoms with Crippen molar-refractivity contribution < 1.29 is 19.4 Å². The normalized spacial score (nSPS) is 11.8. The molecule has 1 amide bonds. The van der Waals surface area contributed by atoms with Crippen LogP contribution < -0.4 is 10.1 Å². The van der Waals surface area contributed by atoms with Crippen LogP contribution in [-0.2, 0) is 4.79 Å². The van der Waals surface area contributed by atoms with Crippen molar-refractivity contribution in [2.45, 2.75) is 39.7 Å². The van der Waals surface area contributed by atoms with Crippen molar-refractivity contribution in [1.29, 1.82) is 0 Å². The molecule has 1 atom stereocenters. The molecule has 1 aromatic carbocycles. The van der Waals surface area contributed by atoms with Crippen LogP contribution in [0.4, 0.5) is 0 Å². The van der Waals surface area contributed by atoms with E-state index >= 15 is 0 Å². The Labute approximate surface area is 150 Å². The highest BCUT2D eigenvalue weighted by Gasteiger charge is 2.23. The summed E-state index contributed by atoms with van der Waals surface area (Å²) in [5.41, 5.74) is 1.48. The van der Waals surface area contributed by atoms with Crippen molar-refractivity contribution in [2.24, 2.45) is 0 Å². The summed E-state index contributed by atoms with van der Waals surface area (Å²) in [6, 6.07) is 6.62. The topological polar surface area (TPSA) is 88.5 Å². The Hall–Kier alpha value is -2.41. The fraction of sp³-hybridized carbons (Fsp3) is 0.389.